The molecule has 0 aliphatic rings. The van der Waals surface area contributed by atoms with E-state index in [2.05, 4.69) is 10.6 Å². The number of carbonyl (C=O) groups is 2. The summed E-state index contributed by atoms with van der Waals surface area (Å²) in [5.74, 6) is -0.498. The van der Waals surface area contributed by atoms with E-state index in [4.69, 9.17) is 5.26 Å². The second-order valence-corrected chi connectivity index (χ2v) is 4.52. The Hall–Kier alpha value is -2.61. The van der Waals surface area contributed by atoms with E-state index in [0.717, 1.165) is 11.1 Å². The molecule has 1 aromatic rings. The molecule has 0 bridgehead atoms. The van der Waals surface area contributed by atoms with Gasteiger partial charge in [0.2, 0.25) is 11.8 Å². The zero-order chi connectivity index (χ0) is 15.0. The molecule has 20 heavy (non-hydrogen) atoms. The predicted molar refractivity (Wildman–Crippen MR) is 76.6 cm³/mol. The largest absolute Gasteiger partial charge is 0.348 e. The summed E-state index contributed by atoms with van der Waals surface area (Å²) in [6, 6.07) is 8.91. The number of carbonyl (C=O) groups excluding carboxylic acids is 2. The molecule has 0 heterocycles. The van der Waals surface area contributed by atoms with E-state index in [-0.39, 0.29) is 18.2 Å². The van der Waals surface area contributed by atoms with Crippen LogP contribution >= 0.6 is 0 Å². The Morgan fingerprint density at radius 2 is 2.10 bits per heavy atom. The highest BCUT2D eigenvalue weighted by Gasteiger charge is 2.03. The monoisotopic (exact) mass is 271 g/mol. The molecular formula is C15H17N3O2. The molecule has 0 aromatic heterocycles. The van der Waals surface area contributed by atoms with Gasteiger partial charge in [0.15, 0.2) is 0 Å². The zero-order valence-corrected chi connectivity index (χ0v) is 11.6. The van der Waals surface area contributed by atoms with E-state index in [1.807, 2.05) is 19.9 Å². The van der Waals surface area contributed by atoms with Gasteiger partial charge in [-0.3, -0.25) is 9.59 Å². The number of anilines is 1. The lowest BCUT2D eigenvalue weighted by molar-refractivity contribution is -0.117. The number of benzene rings is 1. The van der Waals surface area contributed by atoms with Crippen molar-refractivity contribution in [1.29, 1.82) is 5.26 Å². The summed E-state index contributed by atoms with van der Waals surface area (Å²) in [5, 5.41) is 13.8. The van der Waals surface area contributed by atoms with Gasteiger partial charge in [0, 0.05) is 18.3 Å². The minimum absolute atomic E-state index is 0.149. The number of nitrogens with zero attached hydrogens (tertiary/aromatic N) is 1. The summed E-state index contributed by atoms with van der Waals surface area (Å²) in [6.45, 7) is 4.08. The third-order valence-corrected chi connectivity index (χ3v) is 2.34. The standard InChI is InChI=1S/C15H17N3O2/c1-11(2)8-15(20)17-10-12-4-3-5-13(9-12)18-14(19)6-7-16/h3-5,8-9H,6,10H2,1-2H3,(H,17,20)(H,18,19). The van der Waals surface area contributed by atoms with Crippen LogP contribution < -0.4 is 10.6 Å². The van der Waals surface area contributed by atoms with Gasteiger partial charge in [-0.05, 0) is 31.5 Å². The molecule has 0 saturated carbocycles. The lowest BCUT2D eigenvalue weighted by atomic mass is 10.2. The minimum atomic E-state index is -0.349. The van der Waals surface area contributed by atoms with Crippen LogP contribution in [0.5, 0.6) is 0 Å². The van der Waals surface area contributed by atoms with Crippen LogP contribution in [0, 0.1) is 11.3 Å². The average molecular weight is 271 g/mol. The molecule has 0 saturated heterocycles. The Balaban J connectivity index is 2.60. The highest BCUT2D eigenvalue weighted by atomic mass is 16.2. The van der Waals surface area contributed by atoms with Crippen molar-refractivity contribution in [3.05, 3.63) is 41.5 Å². The fourth-order valence-corrected chi connectivity index (χ4v) is 1.54. The zero-order valence-electron chi connectivity index (χ0n) is 11.6. The number of allylic oxidation sites excluding steroid dienone is 1. The number of rotatable bonds is 5. The van der Waals surface area contributed by atoms with Gasteiger partial charge in [-0.15, -0.1) is 0 Å². The third-order valence-electron chi connectivity index (χ3n) is 2.34. The van der Waals surface area contributed by atoms with Crippen molar-refractivity contribution >= 4 is 17.5 Å². The van der Waals surface area contributed by atoms with Crippen LogP contribution in [0.15, 0.2) is 35.9 Å². The molecule has 0 atom stereocenters. The van der Waals surface area contributed by atoms with Crippen molar-refractivity contribution in [2.45, 2.75) is 26.8 Å². The van der Waals surface area contributed by atoms with Crippen LogP contribution in [0.2, 0.25) is 0 Å². The molecule has 0 fully saturated rings. The Kier molecular flexibility index (Phi) is 5.98. The highest BCUT2D eigenvalue weighted by Crippen LogP contribution is 2.10. The van der Waals surface area contributed by atoms with Crippen LogP contribution in [0.3, 0.4) is 0 Å². The molecule has 0 aliphatic carbocycles. The number of hydrogen-bond acceptors (Lipinski definition) is 3. The number of hydrogen-bond donors (Lipinski definition) is 2. The van der Waals surface area contributed by atoms with Crippen molar-refractivity contribution in [2.75, 3.05) is 5.32 Å². The molecule has 0 aliphatic heterocycles. The fourth-order valence-electron chi connectivity index (χ4n) is 1.54. The molecule has 5 heteroatoms. The maximum Gasteiger partial charge on any atom is 0.244 e. The molecule has 2 amide bonds. The van der Waals surface area contributed by atoms with E-state index >= 15 is 0 Å². The van der Waals surface area contributed by atoms with Crippen LogP contribution in [-0.2, 0) is 16.1 Å². The lowest BCUT2D eigenvalue weighted by Crippen LogP contribution is -2.20. The quantitative estimate of drug-likeness (QED) is 0.805. The molecule has 1 aromatic carbocycles. The molecule has 104 valence electrons. The van der Waals surface area contributed by atoms with Crippen molar-refractivity contribution in [3.63, 3.8) is 0 Å². The van der Waals surface area contributed by atoms with Crippen molar-refractivity contribution in [2.24, 2.45) is 0 Å². The predicted octanol–water partition coefficient (Wildman–Crippen LogP) is 2.12. The van der Waals surface area contributed by atoms with Crippen LogP contribution in [0.4, 0.5) is 5.69 Å². The van der Waals surface area contributed by atoms with Crippen molar-refractivity contribution in [1.82, 2.24) is 5.32 Å². The summed E-state index contributed by atoms with van der Waals surface area (Å²) in [4.78, 5) is 22.8. The number of amides is 2. The summed E-state index contributed by atoms with van der Waals surface area (Å²) in [6.07, 6.45) is 1.35. The van der Waals surface area contributed by atoms with Gasteiger partial charge < -0.3 is 10.6 Å². The SMILES string of the molecule is CC(C)=CC(=O)NCc1cccc(NC(=O)CC#N)c1. The number of nitrogens with one attached hydrogen (secondary N) is 2. The van der Waals surface area contributed by atoms with Gasteiger partial charge in [-0.1, -0.05) is 17.7 Å². The summed E-state index contributed by atoms with van der Waals surface area (Å²) in [5.41, 5.74) is 2.41. The Labute approximate surface area is 118 Å². The lowest BCUT2D eigenvalue weighted by Gasteiger charge is -2.07. The molecule has 5 nitrogen and oxygen atoms in total. The van der Waals surface area contributed by atoms with Gasteiger partial charge in [0.1, 0.15) is 6.42 Å². The third kappa shape index (κ3) is 5.83. The van der Waals surface area contributed by atoms with E-state index in [9.17, 15) is 9.59 Å². The van der Waals surface area contributed by atoms with E-state index in [1.165, 1.54) is 6.08 Å². The van der Waals surface area contributed by atoms with Gasteiger partial charge >= 0.3 is 0 Å². The summed E-state index contributed by atoms with van der Waals surface area (Å²) >= 11 is 0. The molecule has 0 spiro atoms. The molecule has 2 N–H and O–H groups in total. The van der Waals surface area contributed by atoms with E-state index < -0.39 is 0 Å². The summed E-state index contributed by atoms with van der Waals surface area (Å²) < 4.78 is 0. The smallest absolute Gasteiger partial charge is 0.244 e. The molecule has 1 rings (SSSR count). The van der Waals surface area contributed by atoms with Crippen LogP contribution in [0.25, 0.3) is 0 Å². The maximum atomic E-state index is 11.5. The first-order chi connectivity index (χ1) is 9.51. The highest BCUT2D eigenvalue weighted by molar-refractivity contribution is 5.92. The van der Waals surface area contributed by atoms with E-state index in [1.54, 1.807) is 24.3 Å². The molecular weight excluding hydrogens is 254 g/mol. The first-order valence-electron chi connectivity index (χ1n) is 6.19. The first-order valence-corrected chi connectivity index (χ1v) is 6.19. The van der Waals surface area contributed by atoms with Crippen molar-refractivity contribution in [3.8, 4) is 6.07 Å². The normalized spacial score (nSPS) is 9.25. The van der Waals surface area contributed by atoms with Crippen LogP contribution in [0.1, 0.15) is 25.8 Å². The van der Waals surface area contributed by atoms with Crippen molar-refractivity contribution < 1.29 is 9.59 Å². The Morgan fingerprint density at radius 3 is 2.75 bits per heavy atom. The molecule has 0 unspecified atom stereocenters. The average Bonchev–Trinajstić information content (AvgIpc) is 2.36. The Bertz CT molecular complexity index is 567. The van der Waals surface area contributed by atoms with Gasteiger partial charge in [0.25, 0.3) is 0 Å². The second-order valence-electron chi connectivity index (χ2n) is 4.52. The van der Waals surface area contributed by atoms with Gasteiger partial charge in [-0.25, -0.2) is 0 Å². The summed E-state index contributed by atoms with van der Waals surface area (Å²) in [7, 11) is 0. The van der Waals surface area contributed by atoms with Gasteiger partial charge in [0.05, 0.1) is 6.07 Å². The Morgan fingerprint density at radius 1 is 1.35 bits per heavy atom. The van der Waals surface area contributed by atoms with E-state index in [0.29, 0.717) is 12.2 Å². The topological polar surface area (TPSA) is 82.0 Å². The number of nitriles is 1. The minimum Gasteiger partial charge on any atom is -0.348 e. The first kappa shape index (κ1) is 15.4. The van der Waals surface area contributed by atoms with Crippen LogP contribution in [-0.4, -0.2) is 11.8 Å². The molecule has 0 radical (unpaired) electrons. The maximum absolute atomic E-state index is 11.5. The fraction of sp³-hybridized carbons (Fsp3) is 0.267. The second kappa shape index (κ2) is 7.74. The van der Waals surface area contributed by atoms with Gasteiger partial charge in [-0.2, -0.15) is 5.26 Å².